The molecule has 3 rings (SSSR count). The van der Waals surface area contributed by atoms with Crippen molar-refractivity contribution >= 4 is 46.7 Å². The van der Waals surface area contributed by atoms with E-state index in [4.69, 9.17) is 38.4 Å². The number of rotatable bonds is 10. The standard InChI is InChI=1S/C25H23Cl2N3O8/c1-14(38-19-9-8-16(26)10-17(19)27)24(34)37-13-18(31)21-22(28)29(11-15-6-4-3-5-7-15)25(35)30(23(21)33)12-20(32)36-2/h3-10,14H,11-13,28H2,1-2H3. The lowest BCUT2D eigenvalue weighted by molar-refractivity contribution is -0.149. The predicted octanol–water partition coefficient (Wildman–Crippen LogP) is 2.31. The first-order chi connectivity index (χ1) is 18.0. The van der Waals surface area contributed by atoms with Crippen LogP contribution >= 0.6 is 23.2 Å². The highest BCUT2D eigenvalue weighted by atomic mass is 35.5. The summed E-state index contributed by atoms with van der Waals surface area (Å²) in [4.78, 5) is 63.4. The molecule has 2 aromatic carbocycles. The second-order valence-corrected chi connectivity index (χ2v) is 8.79. The van der Waals surface area contributed by atoms with Crippen LogP contribution in [0.2, 0.25) is 10.0 Å². The molecule has 2 N–H and O–H groups in total. The van der Waals surface area contributed by atoms with Crippen LogP contribution in [-0.2, 0) is 32.2 Å². The fourth-order valence-electron chi connectivity index (χ4n) is 3.36. The molecule has 1 aromatic heterocycles. The largest absolute Gasteiger partial charge is 0.477 e. The summed E-state index contributed by atoms with van der Waals surface area (Å²) in [6.45, 7) is -0.368. The van der Waals surface area contributed by atoms with Crippen LogP contribution in [0.4, 0.5) is 5.82 Å². The lowest BCUT2D eigenvalue weighted by Crippen LogP contribution is -2.46. The number of hydrogen-bond donors (Lipinski definition) is 1. The van der Waals surface area contributed by atoms with Gasteiger partial charge in [-0.3, -0.25) is 19.0 Å². The summed E-state index contributed by atoms with van der Waals surface area (Å²) in [6.07, 6.45) is -1.18. The molecule has 200 valence electrons. The zero-order valence-corrected chi connectivity index (χ0v) is 21.8. The van der Waals surface area contributed by atoms with Gasteiger partial charge in [0.2, 0.25) is 5.78 Å². The minimum Gasteiger partial charge on any atom is -0.477 e. The Kier molecular flexibility index (Phi) is 9.32. The van der Waals surface area contributed by atoms with E-state index in [0.717, 1.165) is 11.7 Å². The molecule has 0 aliphatic carbocycles. The van der Waals surface area contributed by atoms with Gasteiger partial charge in [0.05, 0.1) is 18.7 Å². The number of benzene rings is 2. The van der Waals surface area contributed by atoms with E-state index in [1.807, 2.05) is 0 Å². The van der Waals surface area contributed by atoms with E-state index in [2.05, 4.69) is 4.74 Å². The molecule has 13 heteroatoms. The predicted molar refractivity (Wildman–Crippen MR) is 139 cm³/mol. The Bertz CT molecular complexity index is 1480. The number of anilines is 1. The van der Waals surface area contributed by atoms with E-state index in [0.29, 0.717) is 15.2 Å². The first kappa shape index (κ1) is 28.5. The summed E-state index contributed by atoms with van der Waals surface area (Å²) >= 11 is 11.9. The van der Waals surface area contributed by atoms with E-state index >= 15 is 0 Å². The maximum absolute atomic E-state index is 13.0. The Labute approximate surface area is 226 Å². The number of carbonyl (C=O) groups is 3. The summed E-state index contributed by atoms with van der Waals surface area (Å²) in [7, 11) is 1.08. The highest BCUT2D eigenvalue weighted by Crippen LogP contribution is 2.28. The average Bonchev–Trinajstić information content (AvgIpc) is 2.89. The van der Waals surface area contributed by atoms with Crippen molar-refractivity contribution in [1.29, 1.82) is 0 Å². The quantitative estimate of drug-likeness (QED) is 0.289. The number of hydrogen-bond acceptors (Lipinski definition) is 9. The Hall–Kier alpha value is -4.09. The van der Waals surface area contributed by atoms with Gasteiger partial charge in [-0.15, -0.1) is 0 Å². The molecule has 1 heterocycles. The van der Waals surface area contributed by atoms with Crippen molar-refractivity contribution in [2.45, 2.75) is 26.1 Å². The first-order valence-electron chi connectivity index (χ1n) is 11.1. The van der Waals surface area contributed by atoms with Crippen LogP contribution in [0.15, 0.2) is 58.1 Å². The van der Waals surface area contributed by atoms with Gasteiger partial charge in [0.1, 0.15) is 23.7 Å². The summed E-state index contributed by atoms with van der Waals surface area (Å²) < 4.78 is 16.6. The molecule has 0 bridgehead atoms. The number of carbonyl (C=O) groups excluding carboxylic acids is 3. The number of ketones is 1. The molecule has 3 aromatic rings. The molecule has 0 saturated carbocycles. The highest BCUT2D eigenvalue weighted by Gasteiger charge is 2.26. The minimum absolute atomic E-state index is 0.0975. The zero-order chi connectivity index (χ0) is 28.0. The van der Waals surface area contributed by atoms with Crippen molar-refractivity contribution in [2.75, 3.05) is 19.5 Å². The van der Waals surface area contributed by atoms with Gasteiger partial charge in [0.25, 0.3) is 5.56 Å². The number of esters is 2. The highest BCUT2D eigenvalue weighted by molar-refractivity contribution is 6.35. The van der Waals surface area contributed by atoms with E-state index in [1.165, 1.54) is 25.1 Å². The van der Waals surface area contributed by atoms with Crippen molar-refractivity contribution in [2.24, 2.45) is 0 Å². The second-order valence-electron chi connectivity index (χ2n) is 7.95. The van der Waals surface area contributed by atoms with Crippen LogP contribution in [0.5, 0.6) is 5.75 Å². The van der Waals surface area contributed by atoms with Crippen molar-refractivity contribution in [3.05, 3.63) is 90.5 Å². The number of ether oxygens (including phenoxy) is 3. The number of Topliss-reactive ketones (excluding diaryl/α,β-unsaturated/α-hetero) is 1. The Morgan fingerprint density at radius 2 is 1.71 bits per heavy atom. The van der Waals surface area contributed by atoms with Gasteiger partial charge < -0.3 is 19.9 Å². The lowest BCUT2D eigenvalue weighted by Gasteiger charge is -2.17. The van der Waals surface area contributed by atoms with Crippen LogP contribution in [0.1, 0.15) is 22.8 Å². The van der Waals surface area contributed by atoms with E-state index < -0.39 is 59.6 Å². The maximum atomic E-state index is 13.0. The molecule has 0 amide bonds. The van der Waals surface area contributed by atoms with E-state index in [-0.39, 0.29) is 17.3 Å². The van der Waals surface area contributed by atoms with Gasteiger partial charge in [0, 0.05) is 5.02 Å². The number of aromatic nitrogens is 2. The van der Waals surface area contributed by atoms with Gasteiger partial charge in [-0.2, -0.15) is 0 Å². The van der Waals surface area contributed by atoms with E-state index in [9.17, 15) is 24.0 Å². The van der Waals surface area contributed by atoms with Gasteiger partial charge >= 0.3 is 17.6 Å². The van der Waals surface area contributed by atoms with Gasteiger partial charge in [0.15, 0.2) is 12.7 Å². The molecule has 38 heavy (non-hydrogen) atoms. The van der Waals surface area contributed by atoms with Gasteiger partial charge in [-0.1, -0.05) is 53.5 Å². The molecule has 1 unspecified atom stereocenters. The smallest absolute Gasteiger partial charge is 0.347 e. The molecule has 0 aliphatic rings. The third-order valence-electron chi connectivity index (χ3n) is 5.32. The fourth-order valence-corrected chi connectivity index (χ4v) is 3.82. The SMILES string of the molecule is COC(=O)Cn1c(=O)c(C(=O)COC(=O)C(C)Oc2ccc(Cl)cc2Cl)c(N)n(Cc2ccccc2)c1=O. The lowest BCUT2D eigenvalue weighted by atomic mass is 10.1. The number of halogens is 2. The molecule has 0 saturated heterocycles. The molecule has 0 fully saturated rings. The Morgan fingerprint density at radius 1 is 1.03 bits per heavy atom. The monoisotopic (exact) mass is 563 g/mol. The third-order valence-corrected chi connectivity index (χ3v) is 5.85. The van der Waals surface area contributed by atoms with Gasteiger partial charge in [-0.25, -0.2) is 14.2 Å². The summed E-state index contributed by atoms with van der Waals surface area (Å²) in [5, 5.41) is 0.528. The number of nitrogens with zero attached hydrogens (tertiary/aromatic N) is 2. The molecule has 0 spiro atoms. The minimum atomic E-state index is -1.18. The maximum Gasteiger partial charge on any atom is 0.347 e. The van der Waals surface area contributed by atoms with Crippen molar-refractivity contribution < 1.29 is 28.6 Å². The van der Waals surface area contributed by atoms with Crippen LogP contribution in [0, 0.1) is 0 Å². The molecular weight excluding hydrogens is 541 g/mol. The normalized spacial score (nSPS) is 11.5. The Morgan fingerprint density at radius 3 is 2.34 bits per heavy atom. The molecule has 11 nitrogen and oxygen atoms in total. The van der Waals surface area contributed by atoms with Crippen LogP contribution in [0.25, 0.3) is 0 Å². The molecular formula is C25H23Cl2N3O8. The average molecular weight is 564 g/mol. The third kappa shape index (κ3) is 6.61. The zero-order valence-electron chi connectivity index (χ0n) is 20.3. The van der Waals surface area contributed by atoms with Gasteiger partial charge in [-0.05, 0) is 30.7 Å². The second kappa shape index (κ2) is 12.4. The van der Waals surface area contributed by atoms with Crippen molar-refractivity contribution in [1.82, 2.24) is 9.13 Å². The fraction of sp³-hybridized carbons (Fsp3) is 0.240. The molecule has 0 aliphatic heterocycles. The topological polar surface area (TPSA) is 149 Å². The summed E-state index contributed by atoms with van der Waals surface area (Å²) in [5.74, 6) is -3.09. The van der Waals surface area contributed by atoms with Crippen LogP contribution in [0.3, 0.4) is 0 Å². The summed E-state index contributed by atoms with van der Waals surface area (Å²) in [6, 6.07) is 13.0. The number of methoxy groups -OCH3 is 1. The molecule has 1 atom stereocenters. The van der Waals surface area contributed by atoms with Crippen LogP contribution in [-0.4, -0.2) is 46.7 Å². The first-order valence-corrected chi connectivity index (χ1v) is 11.8. The molecule has 0 radical (unpaired) electrons. The summed E-state index contributed by atoms with van der Waals surface area (Å²) in [5.41, 5.74) is 4.06. The Balaban J connectivity index is 1.87. The van der Waals surface area contributed by atoms with Crippen molar-refractivity contribution in [3.63, 3.8) is 0 Å². The van der Waals surface area contributed by atoms with Crippen LogP contribution < -0.4 is 21.7 Å². The number of nitrogens with two attached hydrogens (primary N) is 1. The van der Waals surface area contributed by atoms with Crippen molar-refractivity contribution in [3.8, 4) is 5.75 Å². The number of nitrogen functional groups attached to an aromatic ring is 1. The van der Waals surface area contributed by atoms with E-state index in [1.54, 1.807) is 30.3 Å².